The third-order valence-electron chi connectivity index (χ3n) is 4.65. The van der Waals surface area contributed by atoms with Crippen molar-refractivity contribution in [1.82, 2.24) is 0 Å². The third kappa shape index (κ3) is 3.12. The molecule has 0 radical (unpaired) electrons. The van der Waals surface area contributed by atoms with Gasteiger partial charge in [-0.1, -0.05) is 91.0 Å². The molecule has 1 atom stereocenters. The van der Waals surface area contributed by atoms with Crippen LogP contribution in [0.5, 0.6) is 0 Å². The zero-order valence-corrected chi connectivity index (χ0v) is 13.5. The zero-order valence-electron chi connectivity index (χ0n) is 13.5. The molecular formula is C22H22O2. The van der Waals surface area contributed by atoms with Crippen molar-refractivity contribution in [3.63, 3.8) is 0 Å². The first-order valence-corrected chi connectivity index (χ1v) is 8.21. The molecule has 3 rings (SSSR count). The molecule has 0 aliphatic heterocycles. The first-order chi connectivity index (χ1) is 11.8. The van der Waals surface area contributed by atoms with Crippen LogP contribution in [0, 0.1) is 0 Å². The van der Waals surface area contributed by atoms with E-state index in [-0.39, 0.29) is 6.61 Å². The topological polar surface area (TPSA) is 40.5 Å². The second-order valence-electron chi connectivity index (χ2n) is 6.06. The standard InChI is InChI=1S/C22H22O2/c23-17-21(24)22(19-12-6-2-7-13-19,20-14-8-3-9-15-20)16-18-10-4-1-5-11-18/h1-15,21,23-24H,16-17H2. The molecule has 2 heteroatoms. The van der Waals surface area contributed by atoms with E-state index in [1.54, 1.807) is 0 Å². The van der Waals surface area contributed by atoms with Crippen molar-refractivity contribution < 1.29 is 10.2 Å². The molecule has 0 saturated carbocycles. The van der Waals surface area contributed by atoms with Gasteiger partial charge in [0.2, 0.25) is 0 Å². The molecule has 1 unspecified atom stereocenters. The van der Waals surface area contributed by atoms with E-state index in [9.17, 15) is 10.2 Å². The van der Waals surface area contributed by atoms with Crippen LogP contribution in [-0.2, 0) is 11.8 Å². The predicted octanol–water partition coefficient (Wildman–Crippen LogP) is 3.57. The molecule has 3 aromatic carbocycles. The van der Waals surface area contributed by atoms with Crippen LogP contribution in [0.25, 0.3) is 0 Å². The van der Waals surface area contributed by atoms with Gasteiger partial charge in [0.1, 0.15) is 0 Å². The Hall–Kier alpha value is -2.42. The van der Waals surface area contributed by atoms with Crippen LogP contribution >= 0.6 is 0 Å². The smallest absolute Gasteiger partial charge is 0.0910 e. The average molecular weight is 318 g/mol. The van der Waals surface area contributed by atoms with E-state index in [1.165, 1.54) is 0 Å². The molecule has 0 amide bonds. The molecule has 0 saturated heterocycles. The van der Waals surface area contributed by atoms with Crippen LogP contribution < -0.4 is 0 Å². The second kappa shape index (κ2) is 7.43. The fraction of sp³-hybridized carbons (Fsp3) is 0.182. The minimum atomic E-state index is -0.900. The van der Waals surface area contributed by atoms with Gasteiger partial charge < -0.3 is 10.2 Å². The van der Waals surface area contributed by atoms with Crippen molar-refractivity contribution >= 4 is 0 Å². The zero-order chi connectivity index (χ0) is 16.8. The first kappa shape index (κ1) is 16.4. The van der Waals surface area contributed by atoms with Crippen molar-refractivity contribution in [3.8, 4) is 0 Å². The molecular weight excluding hydrogens is 296 g/mol. The molecule has 0 bridgehead atoms. The van der Waals surface area contributed by atoms with Gasteiger partial charge in [-0.05, 0) is 23.1 Å². The molecule has 122 valence electrons. The van der Waals surface area contributed by atoms with E-state index in [0.29, 0.717) is 6.42 Å². The predicted molar refractivity (Wildman–Crippen MR) is 96.9 cm³/mol. The van der Waals surface area contributed by atoms with E-state index in [2.05, 4.69) is 12.1 Å². The summed E-state index contributed by atoms with van der Waals surface area (Å²) >= 11 is 0. The van der Waals surface area contributed by atoms with Crippen LogP contribution in [0.4, 0.5) is 0 Å². The SMILES string of the molecule is OCC(O)C(Cc1ccccc1)(c1ccccc1)c1ccccc1. The fourth-order valence-electron chi connectivity index (χ4n) is 3.42. The second-order valence-corrected chi connectivity index (χ2v) is 6.06. The Kier molecular flexibility index (Phi) is 5.09. The first-order valence-electron chi connectivity index (χ1n) is 8.21. The molecule has 0 heterocycles. The highest BCUT2D eigenvalue weighted by molar-refractivity contribution is 5.43. The van der Waals surface area contributed by atoms with Crippen molar-refractivity contribution in [1.29, 1.82) is 0 Å². The number of aliphatic hydroxyl groups excluding tert-OH is 2. The monoisotopic (exact) mass is 318 g/mol. The van der Waals surface area contributed by atoms with Gasteiger partial charge in [0.15, 0.2) is 0 Å². The highest BCUT2D eigenvalue weighted by Gasteiger charge is 2.41. The number of rotatable bonds is 6. The number of benzene rings is 3. The van der Waals surface area contributed by atoms with Crippen molar-refractivity contribution in [2.75, 3.05) is 6.61 Å². The van der Waals surface area contributed by atoms with Crippen LogP contribution in [0.1, 0.15) is 16.7 Å². The molecule has 3 aromatic rings. The molecule has 0 aromatic heterocycles. The summed E-state index contributed by atoms with van der Waals surface area (Å²) in [5.41, 5.74) is 2.43. The lowest BCUT2D eigenvalue weighted by atomic mass is 9.67. The summed E-state index contributed by atoms with van der Waals surface area (Å²) in [4.78, 5) is 0. The van der Waals surface area contributed by atoms with Gasteiger partial charge in [-0.3, -0.25) is 0 Å². The Morgan fingerprint density at radius 2 is 1.08 bits per heavy atom. The lowest BCUT2D eigenvalue weighted by Crippen LogP contribution is -2.45. The van der Waals surface area contributed by atoms with Crippen LogP contribution in [0.2, 0.25) is 0 Å². The summed E-state index contributed by atoms with van der Waals surface area (Å²) in [6.45, 7) is -0.295. The normalized spacial score (nSPS) is 12.8. The summed E-state index contributed by atoms with van der Waals surface area (Å²) < 4.78 is 0. The van der Waals surface area contributed by atoms with Gasteiger partial charge in [0.05, 0.1) is 18.1 Å². The Morgan fingerprint density at radius 1 is 0.667 bits per heavy atom. The highest BCUT2D eigenvalue weighted by Crippen LogP contribution is 2.39. The van der Waals surface area contributed by atoms with E-state index < -0.39 is 11.5 Å². The quantitative estimate of drug-likeness (QED) is 0.729. The van der Waals surface area contributed by atoms with E-state index in [1.807, 2.05) is 78.9 Å². The van der Waals surface area contributed by atoms with Crippen molar-refractivity contribution in [2.45, 2.75) is 17.9 Å². The molecule has 0 fully saturated rings. The Morgan fingerprint density at radius 3 is 1.50 bits per heavy atom. The number of hydrogen-bond acceptors (Lipinski definition) is 2. The Bertz CT molecular complexity index is 699. The Balaban J connectivity index is 2.21. The van der Waals surface area contributed by atoms with Gasteiger partial charge in [0.25, 0.3) is 0 Å². The summed E-state index contributed by atoms with van der Waals surface area (Å²) in [6, 6.07) is 30.0. The number of hydrogen-bond donors (Lipinski definition) is 2. The minimum Gasteiger partial charge on any atom is -0.394 e. The largest absolute Gasteiger partial charge is 0.394 e. The molecule has 24 heavy (non-hydrogen) atoms. The summed E-state index contributed by atoms with van der Waals surface area (Å²) in [5.74, 6) is 0. The average Bonchev–Trinajstić information content (AvgIpc) is 2.67. The fourth-order valence-corrected chi connectivity index (χ4v) is 3.42. The van der Waals surface area contributed by atoms with Gasteiger partial charge in [-0.25, -0.2) is 0 Å². The number of aliphatic hydroxyl groups is 2. The van der Waals surface area contributed by atoms with E-state index in [4.69, 9.17) is 0 Å². The maximum absolute atomic E-state index is 10.9. The molecule has 2 N–H and O–H groups in total. The van der Waals surface area contributed by atoms with Crippen molar-refractivity contribution in [2.24, 2.45) is 0 Å². The van der Waals surface area contributed by atoms with Gasteiger partial charge in [-0.2, -0.15) is 0 Å². The maximum atomic E-state index is 10.9. The minimum absolute atomic E-state index is 0.295. The van der Waals surface area contributed by atoms with E-state index in [0.717, 1.165) is 16.7 Å². The molecule has 0 aliphatic rings. The lowest BCUT2D eigenvalue weighted by molar-refractivity contribution is 0.0424. The Labute approximate surface area is 143 Å². The highest BCUT2D eigenvalue weighted by atomic mass is 16.3. The summed E-state index contributed by atoms with van der Waals surface area (Å²) in [7, 11) is 0. The van der Waals surface area contributed by atoms with Crippen molar-refractivity contribution in [3.05, 3.63) is 108 Å². The summed E-state index contributed by atoms with van der Waals surface area (Å²) in [6.07, 6.45) is -0.286. The van der Waals surface area contributed by atoms with Crippen LogP contribution in [0.15, 0.2) is 91.0 Å². The molecule has 2 nitrogen and oxygen atoms in total. The molecule has 0 spiro atoms. The van der Waals surface area contributed by atoms with Gasteiger partial charge in [-0.15, -0.1) is 0 Å². The third-order valence-corrected chi connectivity index (χ3v) is 4.65. The van der Waals surface area contributed by atoms with Gasteiger partial charge >= 0.3 is 0 Å². The van der Waals surface area contributed by atoms with Crippen LogP contribution in [-0.4, -0.2) is 22.9 Å². The van der Waals surface area contributed by atoms with Crippen LogP contribution in [0.3, 0.4) is 0 Å². The van der Waals surface area contributed by atoms with Gasteiger partial charge in [0, 0.05) is 0 Å². The lowest BCUT2D eigenvalue weighted by Gasteiger charge is -2.39. The molecule has 0 aliphatic carbocycles. The summed E-state index contributed by atoms with van der Waals surface area (Å²) in [5, 5.41) is 20.7. The van der Waals surface area contributed by atoms with E-state index >= 15 is 0 Å². The maximum Gasteiger partial charge on any atom is 0.0910 e.